The maximum atomic E-state index is 13.1. The number of hydrogen-bond acceptors (Lipinski definition) is 3. The molecular formula is C16H10F4N2OS. The van der Waals surface area contributed by atoms with Crippen LogP contribution in [0.15, 0.2) is 47.6 Å². The Morgan fingerprint density at radius 1 is 1.12 bits per heavy atom. The van der Waals surface area contributed by atoms with E-state index < -0.39 is 23.3 Å². The minimum atomic E-state index is -4.46. The van der Waals surface area contributed by atoms with Crippen molar-refractivity contribution in [2.45, 2.75) is 17.1 Å². The second kappa shape index (κ2) is 4.97. The van der Waals surface area contributed by atoms with E-state index in [2.05, 4.69) is 4.98 Å². The lowest BCUT2D eigenvalue weighted by Gasteiger charge is -2.25. The number of aliphatic hydroxyl groups is 1. The third-order valence-corrected chi connectivity index (χ3v) is 5.11. The third-order valence-electron chi connectivity index (χ3n) is 4.03. The Morgan fingerprint density at radius 2 is 1.83 bits per heavy atom. The Hall–Kier alpha value is -2.06. The van der Waals surface area contributed by atoms with Crippen LogP contribution in [-0.4, -0.2) is 20.4 Å². The molecule has 0 saturated heterocycles. The highest BCUT2D eigenvalue weighted by atomic mass is 32.2. The van der Waals surface area contributed by atoms with Gasteiger partial charge in [0.25, 0.3) is 0 Å². The van der Waals surface area contributed by atoms with E-state index in [1.54, 1.807) is 0 Å². The number of aromatic nitrogens is 2. The molecule has 3 aromatic rings. The molecule has 0 bridgehead atoms. The Kier molecular flexibility index (Phi) is 3.20. The van der Waals surface area contributed by atoms with Gasteiger partial charge in [-0.3, -0.25) is 4.57 Å². The van der Waals surface area contributed by atoms with Crippen LogP contribution in [0.2, 0.25) is 0 Å². The number of rotatable bonds is 1. The molecule has 1 aliphatic heterocycles. The Bertz CT molecular complexity index is 936. The molecule has 4 rings (SSSR count). The first-order valence-corrected chi connectivity index (χ1v) is 7.99. The monoisotopic (exact) mass is 354 g/mol. The van der Waals surface area contributed by atoms with Crippen LogP contribution in [0.4, 0.5) is 17.6 Å². The number of benzene rings is 2. The molecule has 1 unspecified atom stereocenters. The fraction of sp³-hybridized carbons (Fsp3) is 0.188. The number of thioether (sulfide) groups is 1. The summed E-state index contributed by atoms with van der Waals surface area (Å²) in [4.78, 5) is 4.20. The largest absolute Gasteiger partial charge is 0.416 e. The summed E-state index contributed by atoms with van der Waals surface area (Å²) < 4.78 is 53.2. The number of nitrogens with zero attached hydrogens (tertiary/aromatic N) is 2. The normalized spacial score (nSPS) is 20.5. The molecule has 0 amide bonds. The van der Waals surface area contributed by atoms with Gasteiger partial charge in [0.2, 0.25) is 0 Å². The lowest BCUT2D eigenvalue weighted by Crippen LogP contribution is -2.33. The molecule has 1 aliphatic rings. The summed E-state index contributed by atoms with van der Waals surface area (Å²) in [6.07, 6.45) is -4.46. The van der Waals surface area contributed by atoms with E-state index in [1.807, 2.05) is 0 Å². The van der Waals surface area contributed by atoms with Crippen LogP contribution >= 0.6 is 11.8 Å². The lowest BCUT2D eigenvalue weighted by atomic mass is 10.0. The van der Waals surface area contributed by atoms with Gasteiger partial charge in [0.15, 0.2) is 10.9 Å². The molecule has 0 spiro atoms. The zero-order chi connectivity index (χ0) is 17.1. The average Bonchev–Trinajstić information content (AvgIpc) is 3.05. The Morgan fingerprint density at radius 3 is 2.50 bits per heavy atom. The molecule has 3 nitrogen and oxygen atoms in total. The Labute approximate surface area is 137 Å². The lowest BCUT2D eigenvalue weighted by molar-refractivity contribution is -0.137. The highest BCUT2D eigenvalue weighted by Crippen LogP contribution is 2.43. The minimum Gasteiger partial charge on any atom is -0.366 e. The maximum Gasteiger partial charge on any atom is 0.416 e. The van der Waals surface area contributed by atoms with Gasteiger partial charge in [-0.2, -0.15) is 13.2 Å². The molecule has 1 aromatic heterocycles. The highest BCUT2D eigenvalue weighted by molar-refractivity contribution is 7.99. The third kappa shape index (κ3) is 2.21. The summed E-state index contributed by atoms with van der Waals surface area (Å²) in [5, 5.41) is 11.5. The van der Waals surface area contributed by atoms with Crippen molar-refractivity contribution in [3.63, 3.8) is 0 Å². The van der Waals surface area contributed by atoms with Gasteiger partial charge in [-0.25, -0.2) is 9.37 Å². The second-order valence-electron chi connectivity index (χ2n) is 5.54. The van der Waals surface area contributed by atoms with Gasteiger partial charge in [-0.05, 0) is 30.3 Å². The molecule has 2 aromatic carbocycles. The van der Waals surface area contributed by atoms with Gasteiger partial charge in [0.1, 0.15) is 5.82 Å². The van der Waals surface area contributed by atoms with Crippen LogP contribution in [0.1, 0.15) is 11.1 Å². The van der Waals surface area contributed by atoms with E-state index in [0.717, 1.165) is 12.1 Å². The molecule has 1 atom stereocenters. The molecule has 1 N–H and O–H groups in total. The van der Waals surface area contributed by atoms with E-state index >= 15 is 0 Å². The molecular weight excluding hydrogens is 344 g/mol. The fourth-order valence-corrected chi connectivity index (χ4v) is 4.02. The van der Waals surface area contributed by atoms with Gasteiger partial charge in [-0.1, -0.05) is 23.9 Å². The summed E-state index contributed by atoms with van der Waals surface area (Å²) in [7, 11) is 0. The van der Waals surface area contributed by atoms with Crippen molar-refractivity contribution in [1.29, 1.82) is 0 Å². The van der Waals surface area contributed by atoms with Crippen molar-refractivity contribution in [2.24, 2.45) is 0 Å². The molecule has 124 valence electrons. The van der Waals surface area contributed by atoms with Crippen LogP contribution in [-0.2, 0) is 11.9 Å². The topological polar surface area (TPSA) is 38.1 Å². The molecule has 0 radical (unpaired) electrons. The number of fused-ring (bicyclic) bond motifs is 3. The van der Waals surface area contributed by atoms with Crippen LogP contribution in [0, 0.1) is 5.82 Å². The quantitative estimate of drug-likeness (QED) is 0.672. The minimum absolute atomic E-state index is 0.160. The van der Waals surface area contributed by atoms with Crippen molar-refractivity contribution in [3.05, 3.63) is 59.4 Å². The van der Waals surface area contributed by atoms with Crippen LogP contribution in [0.25, 0.3) is 11.0 Å². The fourth-order valence-electron chi connectivity index (χ4n) is 2.85. The number of imidazole rings is 1. The van der Waals surface area contributed by atoms with Crippen LogP contribution in [0.3, 0.4) is 0 Å². The first-order chi connectivity index (χ1) is 11.3. The summed E-state index contributed by atoms with van der Waals surface area (Å²) in [5.74, 6) is -0.184. The highest BCUT2D eigenvalue weighted by Gasteiger charge is 2.41. The molecule has 24 heavy (non-hydrogen) atoms. The van der Waals surface area contributed by atoms with Crippen molar-refractivity contribution >= 4 is 22.8 Å². The maximum absolute atomic E-state index is 13.1. The summed E-state index contributed by atoms with van der Waals surface area (Å²) >= 11 is 1.24. The first-order valence-electron chi connectivity index (χ1n) is 7.00. The van der Waals surface area contributed by atoms with Gasteiger partial charge >= 0.3 is 6.18 Å². The summed E-state index contributed by atoms with van der Waals surface area (Å²) in [5.41, 5.74) is -1.26. The van der Waals surface area contributed by atoms with E-state index in [1.165, 1.54) is 46.7 Å². The number of alkyl halides is 3. The predicted molar refractivity (Wildman–Crippen MR) is 81.2 cm³/mol. The van der Waals surface area contributed by atoms with Gasteiger partial charge in [0, 0.05) is 5.56 Å². The van der Waals surface area contributed by atoms with Crippen molar-refractivity contribution in [1.82, 2.24) is 9.55 Å². The van der Waals surface area contributed by atoms with E-state index in [9.17, 15) is 22.7 Å². The van der Waals surface area contributed by atoms with E-state index in [0.29, 0.717) is 16.2 Å². The van der Waals surface area contributed by atoms with Gasteiger partial charge < -0.3 is 5.11 Å². The zero-order valence-corrected chi connectivity index (χ0v) is 12.8. The van der Waals surface area contributed by atoms with Crippen molar-refractivity contribution in [3.8, 4) is 0 Å². The first kappa shape index (κ1) is 15.5. The zero-order valence-electron chi connectivity index (χ0n) is 12.0. The molecule has 0 fully saturated rings. The second-order valence-corrected chi connectivity index (χ2v) is 6.49. The molecule has 0 saturated carbocycles. The SMILES string of the molecule is OC1(c2ccc(F)cc2)CSc2nc3cc(C(F)(F)F)ccc3n21. The van der Waals surface area contributed by atoms with Gasteiger partial charge in [0.05, 0.1) is 22.3 Å². The summed E-state index contributed by atoms with van der Waals surface area (Å²) in [6.45, 7) is 0. The van der Waals surface area contributed by atoms with Gasteiger partial charge in [-0.15, -0.1) is 0 Å². The standard InChI is InChI=1S/C16H10F4N2OS/c17-11-4-1-9(2-5-11)15(23)8-24-14-21-12-7-10(16(18,19)20)3-6-13(12)22(14)15/h1-7,23H,8H2. The summed E-state index contributed by atoms with van der Waals surface area (Å²) in [6, 6.07) is 8.61. The van der Waals surface area contributed by atoms with Crippen molar-refractivity contribution in [2.75, 3.05) is 5.75 Å². The number of hydrogen-bond donors (Lipinski definition) is 1. The number of halogens is 4. The molecule has 2 heterocycles. The predicted octanol–water partition coefficient (Wildman–Crippen LogP) is 3.99. The van der Waals surface area contributed by atoms with E-state index in [-0.39, 0.29) is 11.3 Å². The smallest absolute Gasteiger partial charge is 0.366 e. The van der Waals surface area contributed by atoms with Crippen molar-refractivity contribution < 1.29 is 22.7 Å². The van der Waals surface area contributed by atoms with E-state index in [4.69, 9.17) is 0 Å². The molecule has 8 heteroatoms. The van der Waals surface area contributed by atoms with Crippen LogP contribution in [0.5, 0.6) is 0 Å². The molecule has 0 aliphatic carbocycles. The Balaban J connectivity index is 1.89. The average molecular weight is 354 g/mol. The van der Waals surface area contributed by atoms with Crippen LogP contribution < -0.4 is 0 Å².